The highest BCUT2D eigenvalue weighted by molar-refractivity contribution is 7.09. The number of guanidine groups is 1. The van der Waals surface area contributed by atoms with E-state index < -0.39 is 0 Å². The van der Waals surface area contributed by atoms with Crippen molar-refractivity contribution in [2.24, 2.45) is 4.99 Å². The predicted molar refractivity (Wildman–Crippen MR) is 89.5 cm³/mol. The maximum absolute atomic E-state index is 5.04. The molecule has 0 bridgehead atoms. The maximum Gasteiger partial charge on any atom is 0.212 e. The third kappa shape index (κ3) is 5.00. The molecule has 0 saturated carbocycles. The third-order valence-corrected chi connectivity index (χ3v) is 3.85. The number of nitrogens with one attached hydrogen (secondary N) is 2. The molecule has 0 aliphatic carbocycles. The van der Waals surface area contributed by atoms with Crippen LogP contribution in [0.2, 0.25) is 0 Å². The molecular formula is C15H21N5OS. The van der Waals surface area contributed by atoms with Gasteiger partial charge in [-0.05, 0) is 12.5 Å². The second-order valence-electron chi connectivity index (χ2n) is 4.67. The van der Waals surface area contributed by atoms with Gasteiger partial charge in [0, 0.05) is 44.2 Å². The van der Waals surface area contributed by atoms with Crippen molar-refractivity contribution in [3.8, 4) is 5.88 Å². The van der Waals surface area contributed by atoms with Gasteiger partial charge in [0.15, 0.2) is 5.96 Å². The summed E-state index contributed by atoms with van der Waals surface area (Å²) in [5, 5.41) is 9.73. The van der Waals surface area contributed by atoms with Gasteiger partial charge in [0.25, 0.3) is 0 Å². The van der Waals surface area contributed by atoms with Crippen LogP contribution in [0.1, 0.15) is 16.3 Å². The van der Waals surface area contributed by atoms with Gasteiger partial charge in [-0.3, -0.25) is 4.99 Å². The number of ether oxygens (including phenoxy) is 1. The lowest BCUT2D eigenvalue weighted by atomic mass is 10.3. The molecule has 0 radical (unpaired) electrons. The summed E-state index contributed by atoms with van der Waals surface area (Å²) < 4.78 is 5.04. The van der Waals surface area contributed by atoms with E-state index in [9.17, 15) is 0 Å². The van der Waals surface area contributed by atoms with Crippen LogP contribution >= 0.6 is 11.3 Å². The Morgan fingerprint density at radius 1 is 1.36 bits per heavy atom. The largest absolute Gasteiger partial charge is 0.481 e. The number of hydrogen-bond acceptors (Lipinski definition) is 5. The predicted octanol–water partition coefficient (Wildman–Crippen LogP) is 1.76. The number of aliphatic imine (C=N–C) groups is 1. The zero-order valence-electron chi connectivity index (χ0n) is 13.1. The van der Waals surface area contributed by atoms with Crippen molar-refractivity contribution in [3.63, 3.8) is 0 Å². The van der Waals surface area contributed by atoms with Gasteiger partial charge in [0.2, 0.25) is 5.88 Å². The van der Waals surface area contributed by atoms with E-state index in [2.05, 4.69) is 31.0 Å². The van der Waals surface area contributed by atoms with E-state index in [1.807, 2.05) is 19.1 Å². The Kier molecular flexibility index (Phi) is 6.14. The molecule has 2 aromatic rings. The maximum atomic E-state index is 5.04. The van der Waals surface area contributed by atoms with E-state index >= 15 is 0 Å². The minimum atomic E-state index is 0.616. The van der Waals surface area contributed by atoms with Crippen molar-refractivity contribution in [2.75, 3.05) is 20.7 Å². The zero-order chi connectivity index (χ0) is 15.8. The van der Waals surface area contributed by atoms with Crippen LogP contribution in [0.5, 0.6) is 5.88 Å². The number of aromatic nitrogens is 2. The number of pyridine rings is 1. The number of hydrogen-bond donors (Lipinski definition) is 2. The van der Waals surface area contributed by atoms with Crippen LogP contribution in [-0.4, -0.2) is 36.6 Å². The molecule has 118 valence electrons. The van der Waals surface area contributed by atoms with Crippen LogP contribution in [0.25, 0.3) is 0 Å². The fourth-order valence-corrected chi connectivity index (χ4v) is 2.52. The summed E-state index contributed by atoms with van der Waals surface area (Å²) in [5.74, 6) is 1.38. The van der Waals surface area contributed by atoms with E-state index in [-0.39, 0.29) is 0 Å². The van der Waals surface area contributed by atoms with E-state index in [1.165, 1.54) is 0 Å². The molecule has 0 aliphatic heterocycles. The van der Waals surface area contributed by atoms with Gasteiger partial charge < -0.3 is 15.4 Å². The first-order valence-electron chi connectivity index (χ1n) is 7.05. The van der Waals surface area contributed by atoms with Gasteiger partial charge in [0.1, 0.15) is 0 Å². The number of aryl methyl sites for hydroxylation is 1. The molecule has 22 heavy (non-hydrogen) atoms. The Morgan fingerprint density at radius 3 is 2.82 bits per heavy atom. The standard InChI is InChI=1S/C15H21N5OS/c1-11-20-13(10-22-11)6-7-17-15(16-2)19-9-12-4-5-14(21-3)18-8-12/h4-5,8,10H,6-7,9H2,1-3H3,(H2,16,17,19). The highest BCUT2D eigenvalue weighted by Crippen LogP contribution is 2.08. The molecule has 0 aliphatic rings. The molecule has 0 spiro atoms. The lowest BCUT2D eigenvalue weighted by Crippen LogP contribution is -2.37. The van der Waals surface area contributed by atoms with E-state index in [0.29, 0.717) is 12.4 Å². The summed E-state index contributed by atoms with van der Waals surface area (Å²) in [6, 6.07) is 3.82. The first kappa shape index (κ1) is 16.2. The molecule has 0 aromatic carbocycles. The van der Waals surface area contributed by atoms with E-state index in [1.54, 1.807) is 31.7 Å². The van der Waals surface area contributed by atoms with Gasteiger partial charge in [-0.15, -0.1) is 11.3 Å². The second kappa shape index (κ2) is 8.33. The topological polar surface area (TPSA) is 71.4 Å². The fraction of sp³-hybridized carbons (Fsp3) is 0.400. The first-order valence-corrected chi connectivity index (χ1v) is 7.93. The van der Waals surface area contributed by atoms with E-state index in [0.717, 1.165) is 35.2 Å². The Hall–Kier alpha value is -2.15. The first-order chi connectivity index (χ1) is 10.7. The molecule has 6 nitrogen and oxygen atoms in total. The smallest absolute Gasteiger partial charge is 0.212 e. The number of thiazole rings is 1. The Balaban J connectivity index is 1.74. The molecule has 0 fully saturated rings. The summed E-state index contributed by atoms with van der Waals surface area (Å²) in [7, 11) is 3.37. The van der Waals surface area contributed by atoms with Crippen molar-refractivity contribution in [3.05, 3.63) is 40.0 Å². The number of nitrogens with zero attached hydrogens (tertiary/aromatic N) is 3. The van der Waals surface area contributed by atoms with Crippen LogP contribution in [-0.2, 0) is 13.0 Å². The quantitative estimate of drug-likeness (QED) is 0.627. The second-order valence-corrected chi connectivity index (χ2v) is 5.73. The lowest BCUT2D eigenvalue weighted by molar-refractivity contribution is 0.397. The summed E-state index contributed by atoms with van der Waals surface area (Å²) in [6.07, 6.45) is 2.67. The minimum absolute atomic E-state index is 0.616. The number of rotatable bonds is 6. The highest BCUT2D eigenvalue weighted by atomic mass is 32.1. The monoisotopic (exact) mass is 319 g/mol. The van der Waals surface area contributed by atoms with Gasteiger partial charge in [0.05, 0.1) is 17.8 Å². The van der Waals surface area contributed by atoms with Crippen LogP contribution in [0.15, 0.2) is 28.7 Å². The lowest BCUT2D eigenvalue weighted by Gasteiger charge is -2.11. The molecule has 7 heteroatoms. The minimum Gasteiger partial charge on any atom is -0.481 e. The fourth-order valence-electron chi connectivity index (χ4n) is 1.87. The molecule has 2 aromatic heterocycles. The van der Waals surface area contributed by atoms with Crippen LogP contribution in [0.3, 0.4) is 0 Å². The van der Waals surface area contributed by atoms with Crippen LogP contribution < -0.4 is 15.4 Å². The van der Waals surface area contributed by atoms with Gasteiger partial charge in [-0.25, -0.2) is 9.97 Å². The summed E-state index contributed by atoms with van der Waals surface area (Å²) >= 11 is 1.68. The van der Waals surface area contributed by atoms with Crippen molar-refractivity contribution in [1.82, 2.24) is 20.6 Å². The SMILES string of the molecule is CN=C(NCCc1csc(C)n1)NCc1ccc(OC)nc1. The molecule has 0 saturated heterocycles. The molecular weight excluding hydrogens is 298 g/mol. The van der Waals surface area contributed by atoms with Crippen molar-refractivity contribution in [2.45, 2.75) is 19.9 Å². The van der Waals surface area contributed by atoms with E-state index in [4.69, 9.17) is 4.74 Å². The number of methoxy groups -OCH3 is 1. The summed E-state index contributed by atoms with van der Waals surface area (Å²) in [6.45, 7) is 3.47. The average molecular weight is 319 g/mol. The average Bonchev–Trinajstić information content (AvgIpc) is 2.96. The molecule has 2 heterocycles. The molecule has 0 atom stereocenters. The summed E-state index contributed by atoms with van der Waals surface area (Å²) in [5.41, 5.74) is 2.18. The Morgan fingerprint density at radius 2 is 2.23 bits per heavy atom. The van der Waals surface area contributed by atoms with Gasteiger partial charge in [-0.1, -0.05) is 6.07 Å². The third-order valence-electron chi connectivity index (χ3n) is 3.03. The van der Waals surface area contributed by atoms with Crippen LogP contribution in [0, 0.1) is 6.92 Å². The Labute approximate surface area is 134 Å². The highest BCUT2D eigenvalue weighted by Gasteiger charge is 2.01. The molecule has 0 amide bonds. The zero-order valence-corrected chi connectivity index (χ0v) is 13.9. The molecule has 0 unspecified atom stereocenters. The van der Waals surface area contributed by atoms with Crippen molar-refractivity contribution >= 4 is 17.3 Å². The van der Waals surface area contributed by atoms with Gasteiger partial charge >= 0.3 is 0 Å². The van der Waals surface area contributed by atoms with Crippen molar-refractivity contribution < 1.29 is 4.74 Å². The Bertz CT molecular complexity index is 609. The normalized spacial score (nSPS) is 11.3. The van der Waals surface area contributed by atoms with Gasteiger partial charge in [-0.2, -0.15) is 0 Å². The van der Waals surface area contributed by atoms with Crippen LogP contribution in [0.4, 0.5) is 0 Å². The van der Waals surface area contributed by atoms with Crippen molar-refractivity contribution in [1.29, 1.82) is 0 Å². The summed E-state index contributed by atoms with van der Waals surface area (Å²) in [4.78, 5) is 12.8. The molecule has 2 N–H and O–H groups in total. The molecule has 2 rings (SSSR count).